The SMILES string of the molecule is CC(c1ccccc1F)n1cc(C(=O)NCCN2CCOCC2)nn1. The summed E-state index contributed by atoms with van der Waals surface area (Å²) in [7, 11) is 0. The highest BCUT2D eigenvalue weighted by atomic mass is 19.1. The van der Waals surface area contributed by atoms with E-state index in [0.717, 1.165) is 32.8 Å². The molecule has 8 heteroatoms. The van der Waals surface area contributed by atoms with Crippen LogP contribution in [0, 0.1) is 5.82 Å². The van der Waals surface area contributed by atoms with Crippen LogP contribution < -0.4 is 5.32 Å². The Balaban J connectivity index is 1.55. The van der Waals surface area contributed by atoms with E-state index in [1.807, 2.05) is 6.92 Å². The van der Waals surface area contributed by atoms with Crippen LogP contribution in [0.1, 0.15) is 29.0 Å². The van der Waals surface area contributed by atoms with E-state index in [0.29, 0.717) is 12.1 Å². The van der Waals surface area contributed by atoms with Crippen molar-refractivity contribution < 1.29 is 13.9 Å². The lowest BCUT2D eigenvalue weighted by Gasteiger charge is -2.26. The van der Waals surface area contributed by atoms with Crippen LogP contribution in [0.5, 0.6) is 0 Å². The number of hydrogen-bond acceptors (Lipinski definition) is 5. The van der Waals surface area contributed by atoms with E-state index in [2.05, 4.69) is 20.5 Å². The molecule has 134 valence electrons. The Morgan fingerprint density at radius 2 is 2.12 bits per heavy atom. The van der Waals surface area contributed by atoms with Gasteiger partial charge in [-0.25, -0.2) is 9.07 Å². The quantitative estimate of drug-likeness (QED) is 0.847. The predicted molar refractivity (Wildman–Crippen MR) is 89.8 cm³/mol. The van der Waals surface area contributed by atoms with Crippen LogP contribution in [0.25, 0.3) is 0 Å². The van der Waals surface area contributed by atoms with E-state index in [-0.39, 0.29) is 23.5 Å². The van der Waals surface area contributed by atoms with Crippen LogP contribution in [0.2, 0.25) is 0 Å². The highest BCUT2D eigenvalue weighted by Crippen LogP contribution is 2.19. The second-order valence-corrected chi connectivity index (χ2v) is 5.99. The first-order chi connectivity index (χ1) is 12.1. The van der Waals surface area contributed by atoms with Gasteiger partial charge in [-0.2, -0.15) is 0 Å². The zero-order chi connectivity index (χ0) is 17.6. The van der Waals surface area contributed by atoms with Gasteiger partial charge in [0, 0.05) is 31.7 Å². The Labute approximate surface area is 145 Å². The maximum Gasteiger partial charge on any atom is 0.273 e. The minimum absolute atomic E-state index is 0.227. The molecule has 25 heavy (non-hydrogen) atoms. The first kappa shape index (κ1) is 17.5. The molecule has 3 rings (SSSR count). The van der Waals surface area contributed by atoms with Crippen LogP contribution in [-0.2, 0) is 4.74 Å². The summed E-state index contributed by atoms with van der Waals surface area (Å²) < 4.78 is 20.7. The molecule has 0 aliphatic carbocycles. The molecular formula is C17H22FN5O2. The Morgan fingerprint density at radius 3 is 2.88 bits per heavy atom. The Kier molecular flexibility index (Phi) is 5.72. The van der Waals surface area contributed by atoms with E-state index >= 15 is 0 Å². The summed E-state index contributed by atoms with van der Waals surface area (Å²) in [4.78, 5) is 14.4. The van der Waals surface area contributed by atoms with E-state index in [4.69, 9.17) is 4.74 Å². The highest BCUT2D eigenvalue weighted by molar-refractivity contribution is 5.91. The van der Waals surface area contributed by atoms with Crippen molar-refractivity contribution in [1.29, 1.82) is 0 Å². The van der Waals surface area contributed by atoms with Crippen molar-refractivity contribution >= 4 is 5.91 Å². The van der Waals surface area contributed by atoms with Crippen LogP contribution >= 0.6 is 0 Å². The molecule has 1 amide bonds. The average molecular weight is 347 g/mol. The van der Waals surface area contributed by atoms with Crippen LogP contribution in [-0.4, -0.2) is 65.2 Å². The fraction of sp³-hybridized carbons (Fsp3) is 0.471. The van der Waals surface area contributed by atoms with Gasteiger partial charge in [-0.3, -0.25) is 9.69 Å². The van der Waals surface area contributed by atoms with Crippen molar-refractivity contribution in [2.24, 2.45) is 0 Å². The third-order valence-electron chi connectivity index (χ3n) is 4.31. The Morgan fingerprint density at radius 1 is 1.36 bits per heavy atom. The van der Waals surface area contributed by atoms with Gasteiger partial charge in [-0.1, -0.05) is 23.4 Å². The smallest absolute Gasteiger partial charge is 0.273 e. The Bertz CT molecular complexity index is 715. The predicted octanol–water partition coefficient (Wildman–Crippen LogP) is 1.09. The number of nitrogens with zero attached hydrogens (tertiary/aromatic N) is 4. The van der Waals surface area contributed by atoms with Crippen molar-refractivity contribution in [3.05, 3.63) is 47.5 Å². The average Bonchev–Trinajstić information content (AvgIpc) is 3.13. The fourth-order valence-electron chi connectivity index (χ4n) is 2.77. The molecule has 1 aromatic heterocycles. The summed E-state index contributed by atoms with van der Waals surface area (Å²) in [5.74, 6) is -0.581. The first-order valence-corrected chi connectivity index (χ1v) is 8.39. The number of halogens is 1. The van der Waals surface area contributed by atoms with E-state index in [1.165, 1.54) is 10.7 Å². The lowest BCUT2D eigenvalue weighted by Crippen LogP contribution is -2.41. The van der Waals surface area contributed by atoms with Gasteiger partial charge in [-0.15, -0.1) is 5.10 Å². The van der Waals surface area contributed by atoms with Gasteiger partial charge in [-0.05, 0) is 13.0 Å². The van der Waals surface area contributed by atoms with Gasteiger partial charge in [0.05, 0.1) is 25.5 Å². The number of benzene rings is 1. The molecule has 0 saturated carbocycles. The molecule has 1 aliphatic heterocycles. The van der Waals surface area contributed by atoms with E-state index in [9.17, 15) is 9.18 Å². The van der Waals surface area contributed by atoms with Gasteiger partial charge in [0.2, 0.25) is 0 Å². The molecule has 1 unspecified atom stereocenters. The van der Waals surface area contributed by atoms with Gasteiger partial charge >= 0.3 is 0 Å². The monoisotopic (exact) mass is 347 g/mol. The number of ether oxygens (including phenoxy) is 1. The zero-order valence-corrected chi connectivity index (χ0v) is 14.2. The van der Waals surface area contributed by atoms with Crippen molar-refractivity contribution in [1.82, 2.24) is 25.2 Å². The third-order valence-corrected chi connectivity index (χ3v) is 4.31. The van der Waals surface area contributed by atoms with Crippen molar-refractivity contribution in [3.8, 4) is 0 Å². The standard InChI is InChI=1S/C17H22FN5O2/c1-13(14-4-2-3-5-15(14)18)23-12-16(20-21-23)17(24)19-6-7-22-8-10-25-11-9-22/h2-5,12-13H,6-11H2,1H3,(H,19,24). The molecule has 1 N–H and O–H groups in total. The molecular weight excluding hydrogens is 325 g/mol. The number of morpholine rings is 1. The number of amides is 1. The molecule has 0 spiro atoms. The lowest BCUT2D eigenvalue weighted by atomic mass is 10.1. The molecule has 1 fully saturated rings. The minimum atomic E-state index is -0.344. The summed E-state index contributed by atoms with van der Waals surface area (Å²) in [6.45, 7) is 6.35. The summed E-state index contributed by atoms with van der Waals surface area (Å²) in [5.41, 5.74) is 0.733. The molecule has 1 aliphatic rings. The fourth-order valence-corrected chi connectivity index (χ4v) is 2.77. The molecule has 0 bridgehead atoms. The maximum atomic E-state index is 13.9. The number of rotatable bonds is 6. The Hall–Kier alpha value is -2.32. The molecule has 0 radical (unpaired) electrons. The number of aromatic nitrogens is 3. The third kappa shape index (κ3) is 4.40. The van der Waals surface area contributed by atoms with Gasteiger partial charge in [0.1, 0.15) is 5.82 Å². The second kappa shape index (κ2) is 8.17. The van der Waals surface area contributed by atoms with Crippen LogP contribution in [0.15, 0.2) is 30.5 Å². The molecule has 1 atom stereocenters. The topological polar surface area (TPSA) is 72.3 Å². The van der Waals surface area contributed by atoms with E-state index < -0.39 is 0 Å². The maximum absolute atomic E-state index is 13.9. The summed E-state index contributed by atoms with van der Waals surface area (Å²) in [5, 5.41) is 10.7. The summed E-state index contributed by atoms with van der Waals surface area (Å²) in [6, 6.07) is 6.17. The normalized spacial score (nSPS) is 16.6. The number of carbonyl (C=O) groups excluding carboxylic acids is 1. The van der Waals surface area contributed by atoms with E-state index in [1.54, 1.807) is 24.4 Å². The second-order valence-electron chi connectivity index (χ2n) is 5.99. The summed E-state index contributed by atoms with van der Waals surface area (Å²) >= 11 is 0. The van der Waals surface area contributed by atoms with Crippen LogP contribution in [0.3, 0.4) is 0 Å². The first-order valence-electron chi connectivity index (χ1n) is 8.39. The van der Waals surface area contributed by atoms with Crippen molar-refractivity contribution in [2.45, 2.75) is 13.0 Å². The molecule has 1 aromatic carbocycles. The molecule has 7 nitrogen and oxygen atoms in total. The highest BCUT2D eigenvalue weighted by Gasteiger charge is 2.17. The molecule has 2 aromatic rings. The van der Waals surface area contributed by atoms with Crippen molar-refractivity contribution in [2.75, 3.05) is 39.4 Å². The number of hydrogen-bond donors (Lipinski definition) is 1. The molecule has 1 saturated heterocycles. The lowest BCUT2D eigenvalue weighted by molar-refractivity contribution is 0.0383. The zero-order valence-electron chi connectivity index (χ0n) is 14.2. The van der Waals surface area contributed by atoms with Gasteiger partial charge in [0.15, 0.2) is 5.69 Å². The molecule has 2 heterocycles. The van der Waals surface area contributed by atoms with Gasteiger partial charge in [0.25, 0.3) is 5.91 Å². The summed E-state index contributed by atoms with van der Waals surface area (Å²) in [6.07, 6.45) is 1.54. The number of carbonyl (C=O) groups is 1. The van der Waals surface area contributed by atoms with Gasteiger partial charge < -0.3 is 10.1 Å². The van der Waals surface area contributed by atoms with Crippen LogP contribution in [0.4, 0.5) is 4.39 Å². The minimum Gasteiger partial charge on any atom is -0.379 e. The number of nitrogens with one attached hydrogen (secondary N) is 1. The van der Waals surface area contributed by atoms with Crippen molar-refractivity contribution in [3.63, 3.8) is 0 Å². The largest absolute Gasteiger partial charge is 0.379 e.